The number of hydrogen-bond donors (Lipinski definition) is 2. The lowest BCUT2D eigenvalue weighted by Gasteiger charge is -2.14. The molecule has 27 heavy (non-hydrogen) atoms. The summed E-state index contributed by atoms with van der Waals surface area (Å²) in [6, 6.07) is -0.440. The van der Waals surface area contributed by atoms with Crippen LogP contribution in [0.3, 0.4) is 0 Å². The maximum atomic E-state index is 12.6. The zero-order chi connectivity index (χ0) is 19.6. The van der Waals surface area contributed by atoms with Crippen LogP contribution in [0.2, 0.25) is 0 Å². The molecule has 0 saturated carbocycles. The molecular formula is C17H22N2O6S2. The molecule has 1 atom stereocenters. The maximum absolute atomic E-state index is 12.6. The Hall–Kier alpha value is -1.94. The first-order valence-electron chi connectivity index (χ1n) is 8.84. The maximum Gasteiger partial charge on any atom is 0.341 e. The number of anilines is 1. The summed E-state index contributed by atoms with van der Waals surface area (Å²) >= 11 is 1.38. The Morgan fingerprint density at radius 1 is 1.22 bits per heavy atom. The van der Waals surface area contributed by atoms with Gasteiger partial charge in [0.1, 0.15) is 5.00 Å². The van der Waals surface area contributed by atoms with E-state index in [2.05, 4.69) is 10.6 Å². The Morgan fingerprint density at radius 2 is 1.96 bits per heavy atom. The molecule has 0 unspecified atom stereocenters. The van der Waals surface area contributed by atoms with Crippen LogP contribution in [0.15, 0.2) is 0 Å². The summed E-state index contributed by atoms with van der Waals surface area (Å²) in [5.41, 5.74) is 1.23. The third-order valence-electron chi connectivity index (χ3n) is 4.60. The van der Waals surface area contributed by atoms with Gasteiger partial charge in [-0.2, -0.15) is 0 Å². The van der Waals surface area contributed by atoms with Crippen molar-refractivity contribution in [1.29, 1.82) is 0 Å². The summed E-state index contributed by atoms with van der Waals surface area (Å²) in [5, 5.41) is 5.72. The van der Waals surface area contributed by atoms with Crippen LogP contribution in [0.25, 0.3) is 0 Å². The summed E-state index contributed by atoms with van der Waals surface area (Å²) in [5.74, 6) is -1.48. The number of rotatable bonds is 5. The average molecular weight is 415 g/mol. The fourth-order valence-corrected chi connectivity index (χ4v) is 6.41. The normalized spacial score (nSPS) is 20.6. The molecule has 1 aliphatic heterocycles. The van der Waals surface area contributed by atoms with E-state index in [1.807, 2.05) is 0 Å². The number of sulfone groups is 1. The van der Waals surface area contributed by atoms with Crippen molar-refractivity contribution in [1.82, 2.24) is 5.32 Å². The van der Waals surface area contributed by atoms with Gasteiger partial charge in [-0.15, -0.1) is 11.3 Å². The van der Waals surface area contributed by atoms with Crippen LogP contribution >= 0.6 is 11.3 Å². The highest BCUT2D eigenvalue weighted by Gasteiger charge is 2.30. The van der Waals surface area contributed by atoms with E-state index in [9.17, 15) is 22.8 Å². The number of carbonyl (C=O) groups excluding carboxylic acids is 3. The third-order valence-corrected chi connectivity index (χ3v) is 7.57. The number of fused-ring (bicyclic) bond motifs is 1. The van der Waals surface area contributed by atoms with Crippen molar-refractivity contribution in [3.8, 4) is 0 Å². The van der Waals surface area contributed by atoms with E-state index < -0.39 is 34.4 Å². The minimum absolute atomic E-state index is 0.0544. The molecule has 0 bridgehead atoms. The van der Waals surface area contributed by atoms with Crippen LogP contribution in [0.5, 0.6) is 0 Å². The van der Waals surface area contributed by atoms with Crippen LogP contribution in [0.4, 0.5) is 5.00 Å². The standard InChI is InChI=1S/C17H22N2O6S2/c1-10(20)18-16-15(12-4-2-3-5-13(12)26-16)17(22)25-8-14(21)19-11-6-7-27(23,24)9-11/h11H,2-9H2,1H3,(H,18,20)(H,19,21)/t11-/m0/s1. The molecule has 1 fully saturated rings. The summed E-state index contributed by atoms with van der Waals surface area (Å²) < 4.78 is 28.0. The van der Waals surface area contributed by atoms with Gasteiger partial charge < -0.3 is 15.4 Å². The molecule has 10 heteroatoms. The van der Waals surface area contributed by atoms with Crippen LogP contribution in [0.1, 0.15) is 47.0 Å². The molecule has 1 saturated heterocycles. The van der Waals surface area contributed by atoms with Gasteiger partial charge in [-0.05, 0) is 37.7 Å². The van der Waals surface area contributed by atoms with Gasteiger partial charge in [0.05, 0.1) is 17.1 Å². The van der Waals surface area contributed by atoms with Gasteiger partial charge in [-0.1, -0.05) is 0 Å². The van der Waals surface area contributed by atoms with E-state index in [1.165, 1.54) is 18.3 Å². The molecule has 0 radical (unpaired) electrons. The number of esters is 1. The highest BCUT2D eigenvalue weighted by Crippen LogP contribution is 2.38. The molecule has 1 aromatic heterocycles. The number of carbonyl (C=O) groups is 3. The smallest absolute Gasteiger partial charge is 0.341 e. The lowest BCUT2D eigenvalue weighted by atomic mass is 9.95. The predicted molar refractivity (Wildman–Crippen MR) is 101 cm³/mol. The van der Waals surface area contributed by atoms with Crippen LogP contribution in [-0.2, 0) is 37.0 Å². The zero-order valence-electron chi connectivity index (χ0n) is 15.0. The largest absolute Gasteiger partial charge is 0.452 e. The molecule has 2 aliphatic rings. The number of nitrogens with one attached hydrogen (secondary N) is 2. The number of thiophene rings is 1. The molecule has 2 heterocycles. The second-order valence-corrected chi connectivity index (χ2v) is 10.2. The van der Waals surface area contributed by atoms with Crippen LogP contribution < -0.4 is 10.6 Å². The van der Waals surface area contributed by atoms with Gasteiger partial charge in [0.25, 0.3) is 5.91 Å². The molecule has 1 aliphatic carbocycles. The number of amides is 2. The van der Waals surface area contributed by atoms with Crippen LogP contribution in [-0.4, -0.2) is 50.4 Å². The predicted octanol–water partition coefficient (Wildman–Crippen LogP) is 1.05. The molecule has 148 valence electrons. The number of aryl methyl sites for hydroxylation is 1. The monoisotopic (exact) mass is 414 g/mol. The summed E-state index contributed by atoms with van der Waals surface area (Å²) in [6.07, 6.45) is 3.96. The highest BCUT2D eigenvalue weighted by molar-refractivity contribution is 7.91. The van der Waals surface area contributed by atoms with Crippen molar-refractivity contribution in [3.05, 3.63) is 16.0 Å². The zero-order valence-corrected chi connectivity index (χ0v) is 16.6. The molecule has 2 N–H and O–H groups in total. The Balaban J connectivity index is 1.64. The van der Waals surface area contributed by atoms with Crippen molar-refractivity contribution in [2.75, 3.05) is 23.4 Å². The average Bonchev–Trinajstić information content (AvgIpc) is 3.11. The summed E-state index contributed by atoms with van der Waals surface area (Å²) in [4.78, 5) is 37.1. The molecule has 1 aromatic rings. The summed E-state index contributed by atoms with van der Waals surface area (Å²) in [6.45, 7) is 0.885. The van der Waals surface area contributed by atoms with E-state index in [0.29, 0.717) is 17.0 Å². The molecule has 3 rings (SSSR count). The Kier molecular flexibility index (Phi) is 5.85. The Labute approximate surface area is 161 Å². The first kappa shape index (κ1) is 19.8. The van der Waals surface area contributed by atoms with E-state index in [0.717, 1.165) is 36.1 Å². The van der Waals surface area contributed by atoms with Crippen LogP contribution in [0, 0.1) is 0 Å². The van der Waals surface area contributed by atoms with Gasteiger partial charge >= 0.3 is 5.97 Å². The van der Waals surface area contributed by atoms with Crippen molar-refractivity contribution in [2.24, 2.45) is 0 Å². The van der Waals surface area contributed by atoms with Gasteiger partial charge in [0.2, 0.25) is 5.91 Å². The first-order valence-corrected chi connectivity index (χ1v) is 11.5. The fourth-order valence-electron chi connectivity index (χ4n) is 3.41. The second kappa shape index (κ2) is 7.97. The Bertz CT molecular complexity index is 874. The lowest BCUT2D eigenvalue weighted by Crippen LogP contribution is -2.38. The molecule has 8 nitrogen and oxygen atoms in total. The van der Waals surface area contributed by atoms with Gasteiger partial charge in [-0.3, -0.25) is 9.59 Å². The molecule has 2 amide bonds. The molecule has 0 aromatic carbocycles. The number of ether oxygens (including phenoxy) is 1. The minimum atomic E-state index is -3.10. The van der Waals surface area contributed by atoms with E-state index in [1.54, 1.807) is 0 Å². The van der Waals surface area contributed by atoms with Crippen molar-refractivity contribution in [3.63, 3.8) is 0 Å². The Morgan fingerprint density at radius 3 is 2.63 bits per heavy atom. The quantitative estimate of drug-likeness (QED) is 0.695. The minimum Gasteiger partial charge on any atom is -0.452 e. The summed E-state index contributed by atoms with van der Waals surface area (Å²) in [7, 11) is -3.10. The highest BCUT2D eigenvalue weighted by atomic mass is 32.2. The lowest BCUT2D eigenvalue weighted by molar-refractivity contribution is -0.124. The topological polar surface area (TPSA) is 119 Å². The van der Waals surface area contributed by atoms with E-state index >= 15 is 0 Å². The fraction of sp³-hybridized carbons (Fsp3) is 0.588. The van der Waals surface area contributed by atoms with Gasteiger partial charge in [0, 0.05) is 17.8 Å². The van der Waals surface area contributed by atoms with Gasteiger partial charge in [0.15, 0.2) is 16.4 Å². The molecule has 0 spiro atoms. The van der Waals surface area contributed by atoms with Gasteiger partial charge in [-0.25, -0.2) is 13.2 Å². The third kappa shape index (κ3) is 4.86. The van der Waals surface area contributed by atoms with E-state index in [4.69, 9.17) is 4.74 Å². The van der Waals surface area contributed by atoms with Crippen molar-refractivity contribution in [2.45, 2.75) is 45.1 Å². The van der Waals surface area contributed by atoms with E-state index in [-0.39, 0.29) is 17.4 Å². The SMILES string of the molecule is CC(=O)Nc1sc2c(c1C(=O)OCC(=O)N[C@H]1CCS(=O)(=O)C1)CCCC2. The first-order chi connectivity index (χ1) is 12.7. The van der Waals surface area contributed by atoms with Crippen molar-refractivity contribution < 1.29 is 27.5 Å². The molecular weight excluding hydrogens is 392 g/mol. The number of hydrogen-bond acceptors (Lipinski definition) is 7. The van der Waals surface area contributed by atoms with Crippen molar-refractivity contribution >= 4 is 44.0 Å². The second-order valence-electron chi connectivity index (χ2n) is 6.84.